The predicted molar refractivity (Wildman–Crippen MR) is 107 cm³/mol. The number of thioether (sulfide) groups is 1. The van der Waals surface area contributed by atoms with Gasteiger partial charge in [0.1, 0.15) is 11.1 Å². The molecule has 0 saturated carbocycles. The number of aromatic nitrogens is 2. The van der Waals surface area contributed by atoms with Crippen molar-refractivity contribution in [2.75, 3.05) is 16.4 Å². The number of amides is 1. The molecule has 9 heteroatoms. The summed E-state index contributed by atoms with van der Waals surface area (Å²) >= 11 is 4.05. The zero-order valence-electron chi connectivity index (χ0n) is 14.1. The summed E-state index contributed by atoms with van der Waals surface area (Å²) in [7, 11) is 0. The molecule has 6 nitrogen and oxygen atoms in total. The van der Waals surface area contributed by atoms with Gasteiger partial charge in [0, 0.05) is 5.69 Å². The van der Waals surface area contributed by atoms with Crippen molar-refractivity contribution < 1.29 is 4.79 Å². The van der Waals surface area contributed by atoms with Crippen LogP contribution < -0.4 is 10.6 Å². The molecule has 0 unspecified atom stereocenters. The fourth-order valence-corrected chi connectivity index (χ4v) is 4.42. The Labute approximate surface area is 163 Å². The average molecular weight is 402 g/mol. The first-order valence-corrected chi connectivity index (χ1v) is 10.3. The molecule has 2 heterocycles. The minimum atomic E-state index is -0.173. The summed E-state index contributed by atoms with van der Waals surface area (Å²) in [6.07, 6.45) is 0. The van der Waals surface area contributed by atoms with Gasteiger partial charge in [0.25, 0.3) is 0 Å². The number of carbonyl (C=O) groups is 1. The van der Waals surface area contributed by atoms with E-state index < -0.39 is 0 Å². The van der Waals surface area contributed by atoms with Gasteiger partial charge in [-0.1, -0.05) is 35.2 Å². The van der Waals surface area contributed by atoms with Gasteiger partial charge in [-0.15, -0.1) is 21.5 Å². The van der Waals surface area contributed by atoms with Gasteiger partial charge in [-0.25, -0.2) is 0 Å². The minimum Gasteiger partial charge on any atom is -0.330 e. The molecule has 132 valence electrons. The molecule has 0 aliphatic heterocycles. The summed E-state index contributed by atoms with van der Waals surface area (Å²) in [5.41, 5.74) is 3.85. The molecule has 0 fully saturated rings. The van der Waals surface area contributed by atoms with E-state index in [4.69, 9.17) is 5.26 Å². The molecule has 0 saturated heterocycles. The van der Waals surface area contributed by atoms with Crippen LogP contribution in [0.4, 0.5) is 15.8 Å². The van der Waals surface area contributed by atoms with E-state index in [0.29, 0.717) is 20.0 Å². The van der Waals surface area contributed by atoms with Crippen LogP contribution in [0.15, 0.2) is 34.0 Å². The highest BCUT2D eigenvalue weighted by molar-refractivity contribution is 8.01. The Morgan fingerprint density at radius 1 is 1.31 bits per heavy atom. The van der Waals surface area contributed by atoms with Gasteiger partial charge in [-0.3, -0.25) is 4.79 Å². The molecule has 1 aromatic carbocycles. The van der Waals surface area contributed by atoms with E-state index in [1.54, 1.807) is 11.4 Å². The molecular weight excluding hydrogens is 386 g/mol. The number of rotatable bonds is 6. The molecule has 0 atom stereocenters. The molecule has 3 rings (SSSR count). The smallest absolute Gasteiger partial charge is 0.235 e. The zero-order valence-corrected chi connectivity index (χ0v) is 16.5. The van der Waals surface area contributed by atoms with E-state index in [1.165, 1.54) is 45.6 Å². The van der Waals surface area contributed by atoms with Crippen LogP contribution in [0, 0.1) is 25.2 Å². The highest BCUT2D eigenvalue weighted by Crippen LogP contribution is 2.30. The van der Waals surface area contributed by atoms with Crippen LogP contribution in [-0.4, -0.2) is 21.9 Å². The largest absolute Gasteiger partial charge is 0.330 e. The maximum absolute atomic E-state index is 12.0. The Balaban J connectivity index is 1.56. The molecule has 2 aromatic heterocycles. The Morgan fingerprint density at radius 2 is 2.15 bits per heavy atom. The van der Waals surface area contributed by atoms with Gasteiger partial charge in [0.15, 0.2) is 4.34 Å². The van der Waals surface area contributed by atoms with Gasteiger partial charge in [-0.05, 0) is 42.5 Å². The van der Waals surface area contributed by atoms with Crippen molar-refractivity contribution in [3.63, 3.8) is 0 Å². The second-order valence-corrected chi connectivity index (χ2v) is 8.47. The lowest BCUT2D eigenvalue weighted by Gasteiger charge is -2.08. The zero-order chi connectivity index (χ0) is 18.5. The normalized spacial score (nSPS) is 10.3. The van der Waals surface area contributed by atoms with Crippen LogP contribution in [0.25, 0.3) is 0 Å². The number of nitrogens with one attached hydrogen (secondary N) is 2. The topological polar surface area (TPSA) is 90.7 Å². The number of carbonyl (C=O) groups excluding carboxylic acids is 1. The third-order valence-corrected chi connectivity index (χ3v) is 6.42. The molecule has 26 heavy (non-hydrogen) atoms. The number of hydrogen-bond acceptors (Lipinski definition) is 8. The Kier molecular flexibility index (Phi) is 5.88. The summed E-state index contributed by atoms with van der Waals surface area (Å²) in [4.78, 5) is 12.0. The second kappa shape index (κ2) is 8.31. The van der Waals surface area contributed by atoms with E-state index in [-0.39, 0.29) is 11.7 Å². The molecule has 0 radical (unpaired) electrons. The van der Waals surface area contributed by atoms with Gasteiger partial charge in [0.2, 0.25) is 11.0 Å². The highest BCUT2D eigenvalue weighted by Gasteiger charge is 2.12. The Hall–Kier alpha value is -2.41. The van der Waals surface area contributed by atoms with Gasteiger partial charge in [0.05, 0.1) is 11.3 Å². The highest BCUT2D eigenvalue weighted by atomic mass is 32.2. The van der Waals surface area contributed by atoms with E-state index in [2.05, 4.69) is 46.8 Å². The third kappa shape index (κ3) is 4.40. The summed E-state index contributed by atoms with van der Waals surface area (Å²) in [5, 5.41) is 26.3. The van der Waals surface area contributed by atoms with Crippen molar-refractivity contribution in [2.45, 2.75) is 18.2 Å². The summed E-state index contributed by atoms with van der Waals surface area (Å²) < 4.78 is 0.708. The van der Waals surface area contributed by atoms with Crippen LogP contribution in [0.3, 0.4) is 0 Å². The molecule has 0 bridgehead atoms. The Bertz CT molecular complexity index is 973. The van der Waals surface area contributed by atoms with Gasteiger partial charge < -0.3 is 10.6 Å². The molecule has 0 aliphatic carbocycles. The predicted octanol–water partition coefficient (Wildman–Crippen LogP) is 4.56. The molecule has 1 amide bonds. The number of nitrogens with zero attached hydrogens (tertiary/aromatic N) is 3. The molecule has 0 spiro atoms. The van der Waals surface area contributed by atoms with E-state index in [1.807, 2.05) is 12.1 Å². The number of anilines is 3. The maximum Gasteiger partial charge on any atom is 0.235 e. The van der Waals surface area contributed by atoms with Crippen molar-refractivity contribution in [3.8, 4) is 6.07 Å². The van der Waals surface area contributed by atoms with Crippen molar-refractivity contribution in [2.24, 2.45) is 0 Å². The third-order valence-electron chi connectivity index (χ3n) is 3.62. The van der Waals surface area contributed by atoms with Crippen molar-refractivity contribution >= 4 is 56.2 Å². The van der Waals surface area contributed by atoms with Crippen LogP contribution in [-0.2, 0) is 4.79 Å². The fraction of sp³-hybridized carbons (Fsp3) is 0.176. The number of nitriles is 1. The lowest BCUT2D eigenvalue weighted by molar-refractivity contribution is -0.113. The Morgan fingerprint density at radius 3 is 2.96 bits per heavy atom. The van der Waals surface area contributed by atoms with Crippen LogP contribution in [0.5, 0.6) is 0 Å². The van der Waals surface area contributed by atoms with Gasteiger partial charge >= 0.3 is 0 Å². The van der Waals surface area contributed by atoms with E-state index in [9.17, 15) is 4.79 Å². The lowest BCUT2D eigenvalue weighted by atomic mass is 10.1. The van der Waals surface area contributed by atoms with Crippen molar-refractivity contribution in [1.82, 2.24) is 10.2 Å². The summed E-state index contributed by atoms with van der Waals surface area (Å²) in [6, 6.07) is 9.78. The summed E-state index contributed by atoms with van der Waals surface area (Å²) in [5.74, 6) is 0.0362. The van der Waals surface area contributed by atoms with Crippen LogP contribution >= 0.6 is 34.4 Å². The fourth-order valence-electron chi connectivity index (χ4n) is 2.10. The summed E-state index contributed by atoms with van der Waals surface area (Å²) in [6.45, 7) is 4.12. The van der Waals surface area contributed by atoms with Crippen molar-refractivity contribution in [1.29, 1.82) is 5.26 Å². The first kappa shape index (κ1) is 18.4. The number of aryl methyl sites for hydroxylation is 1. The van der Waals surface area contributed by atoms with Gasteiger partial charge in [-0.2, -0.15) is 5.26 Å². The molecular formula is C17H15N5OS3. The first-order chi connectivity index (χ1) is 12.6. The standard InChI is InChI=1S/C17H15N5OS3/c1-10-4-3-5-13(11(10)2)19-16-21-22-17(26-16)25-9-14(23)20-15-12(8-18)6-7-24-15/h3-7H,9H2,1-2H3,(H,19,21)(H,20,23). The maximum atomic E-state index is 12.0. The molecule has 2 N–H and O–H groups in total. The molecule has 3 aromatic rings. The first-order valence-electron chi connectivity index (χ1n) is 7.64. The second-order valence-electron chi connectivity index (χ2n) is 5.36. The minimum absolute atomic E-state index is 0.173. The SMILES string of the molecule is Cc1cccc(Nc2nnc(SCC(=O)Nc3sccc3C#N)s2)c1C. The van der Waals surface area contributed by atoms with E-state index in [0.717, 1.165) is 5.69 Å². The van der Waals surface area contributed by atoms with Crippen molar-refractivity contribution in [3.05, 3.63) is 46.3 Å². The number of hydrogen-bond donors (Lipinski definition) is 2. The lowest BCUT2D eigenvalue weighted by Crippen LogP contribution is -2.13. The average Bonchev–Trinajstić information content (AvgIpc) is 3.26. The monoisotopic (exact) mass is 401 g/mol. The number of thiophene rings is 1. The quantitative estimate of drug-likeness (QED) is 0.588. The number of benzene rings is 1. The van der Waals surface area contributed by atoms with Crippen LogP contribution in [0.2, 0.25) is 0 Å². The van der Waals surface area contributed by atoms with Crippen LogP contribution in [0.1, 0.15) is 16.7 Å². The molecule has 0 aliphatic rings. The van der Waals surface area contributed by atoms with E-state index >= 15 is 0 Å².